The molecule has 2 aromatic rings. The van der Waals surface area contributed by atoms with Gasteiger partial charge in [-0.1, -0.05) is 23.4 Å². The number of amides is 1. The average Bonchev–Trinajstić information content (AvgIpc) is 2.79. The second-order valence-corrected chi connectivity index (χ2v) is 6.84. The number of aryl methyl sites for hydroxylation is 4. The Balaban J connectivity index is 1.98. The van der Waals surface area contributed by atoms with Gasteiger partial charge >= 0.3 is 0 Å². The lowest BCUT2D eigenvalue weighted by Crippen LogP contribution is -2.23. The normalized spacial score (nSPS) is 12.2. The molecule has 4 nitrogen and oxygen atoms in total. The number of nitrogens with zero attached hydrogens (tertiary/aromatic N) is 1. The second-order valence-electron chi connectivity index (χ2n) is 5.51. The number of benzene rings is 1. The second kappa shape index (κ2) is 7.01. The number of para-hydroxylation sites is 1. The number of nitrogens with one attached hydrogen (secondary N) is 1. The number of aromatic nitrogens is 1. The average molecular weight is 318 g/mol. The molecule has 1 aromatic heterocycles. The first-order chi connectivity index (χ1) is 10.4. The van der Waals surface area contributed by atoms with Crippen LogP contribution < -0.4 is 5.32 Å². The van der Waals surface area contributed by atoms with E-state index in [0.717, 1.165) is 39.6 Å². The number of anilines is 1. The molecule has 0 radical (unpaired) electrons. The maximum Gasteiger partial charge on any atom is 0.237 e. The molecule has 1 N–H and O–H groups in total. The van der Waals surface area contributed by atoms with Gasteiger partial charge in [0.2, 0.25) is 5.91 Å². The molecule has 1 atom stereocenters. The summed E-state index contributed by atoms with van der Waals surface area (Å²) in [7, 11) is 0. The van der Waals surface area contributed by atoms with Crippen LogP contribution in [-0.4, -0.2) is 16.3 Å². The maximum absolute atomic E-state index is 12.4. The molecule has 0 aliphatic heterocycles. The summed E-state index contributed by atoms with van der Waals surface area (Å²) in [4.78, 5) is 12.4. The van der Waals surface area contributed by atoms with Crippen molar-refractivity contribution in [2.75, 3.05) is 5.32 Å². The van der Waals surface area contributed by atoms with Crippen LogP contribution in [0, 0.1) is 27.7 Å². The van der Waals surface area contributed by atoms with Crippen molar-refractivity contribution in [1.82, 2.24) is 5.16 Å². The molecule has 0 aliphatic rings. The lowest BCUT2D eigenvalue weighted by Gasteiger charge is -2.15. The van der Waals surface area contributed by atoms with Gasteiger partial charge in [0.15, 0.2) is 0 Å². The number of thioether (sulfide) groups is 1. The van der Waals surface area contributed by atoms with E-state index < -0.39 is 0 Å². The maximum atomic E-state index is 12.4. The van der Waals surface area contributed by atoms with E-state index in [0.29, 0.717) is 0 Å². The molecular formula is C17H22N2O2S. The molecule has 0 bridgehead atoms. The predicted molar refractivity (Wildman–Crippen MR) is 91.3 cm³/mol. The van der Waals surface area contributed by atoms with Crippen molar-refractivity contribution >= 4 is 23.4 Å². The highest BCUT2D eigenvalue weighted by Crippen LogP contribution is 2.25. The largest absolute Gasteiger partial charge is 0.361 e. The van der Waals surface area contributed by atoms with Crippen LogP contribution in [0.25, 0.3) is 0 Å². The zero-order valence-electron chi connectivity index (χ0n) is 13.7. The molecule has 22 heavy (non-hydrogen) atoms. The first-order valence-electron chi connectivity index (χ1n) is 7.30. The van der Waals surface area contributed by atoms with Gasteiger partial charge in [-0.15, -0.1) is 11.8 Å². The Morgan fingerprint density at radius 3 is 2.45 bits per heavy atom. The third-order valence-electron chi connectivity index (χ3n) is 3.76. The summed E-state index contributed by atoms with van der Waals surface area (Å²) >= 11 is 1.59. The van der Waals surface area contributed by atoms with Crippen molar-refractivity contribution in [3.8, 4) is 0 Å². The molecule has 1 amide bonds. The fourth-order valence-electron chi connectivity index (χ4n) is 2.23. The number of carbonyl (C=O) groups is 1. The fourth-order valence-corrected chi connectivity index (χ4v) is 3.27. The van der Waals surface area contributed by atoms with Crippen molar-refractivity contribution in [3.63, 3.8) is 0 Å². The zero-order chi connectivity index (χ0) is 16.3. The minimum atomic E-state index is -0.146. The zero-order valence-corrected chi connectivity index (χ0v) is 14.5. The van der Waals surface area contributed by atoms with E-state index in [1.165, 1.54) is 0 Å². The summed E-state index contributed by atoms with van der Waals surface area (Å²) in [6.45, 7) is 9.76. The van der Waals surface area contributed by atoms with Gasteiger partial charge in [-0.2, -0.15) is 0 Å². The Bertz CT molecular complexity index is 640. The molecule has 0 spiro atoms. The van der Waals surface area contributed by atoms with E-state index in [9.17, 15) is 4.79 Å². The van der Waals surface area contributed by atoms with E-state index in [-0.39, 0.29) is 11.2 Å². The van der Waals surface area contributed by atoms with Crippen LogP contribution in [0.5, 0.6) is 0 Å². The predicted octanol–water partition coefficient (Wildman–Crippen LogP) is 4.17. The van der Waals surface area contributed by atoms with Crippen molar-refractivity contribution in [3.05, 3.63) is 46.3 Å². The van der Waals surface area contributed by atoms with E-state index in [1.807, 2.05) is 52.8 Å². The first kappa shape index (κ1) is 16.6. The first-order valence-corrected chi connectivity index (χ1v) is 8.35. The van der Waals surface area contributed by atoms with Gasteiger partial charge in [-0.3, -0.25) is 4.79 Å². The van der Waals surface area contributed by atoms with Gasteiger partial charge in [0.1, 0.15) is 5.76 Å². The van der Waals surface area contributed by atoms with Gasteiger partial charge in [-0.05, 0) is 45.7 Å². The third kappa shape index (κ3) is 3.71. The highest BCUT2D eigenvalue weighted by Gasteiger charge is 2.17. The van der Waals surface area contributed by atoms with Crippen LogP contribution in [0.15, 0.2) is 22.7 Å². The van der Waals surface area contributed by atoms with Gasteiger partial charge < -0.3 is 9.84 Å². The summed E-state index contributed by atoms with van der Waals surface area (Å²) < 4.78 is 5.15. The summed E-state index contributed by atoms with van der Waals surface area (Å²) in [5.74, 6) is 1.57. The Kier molecular flexibility index (Phi) is 5.29. The van der Waals surface area contributed by atoms with Gasteiger partial charge in [-0.25, -0.2) is 0 Å². The topological polar surface area (TPSA) is 55.1 Å². The molecule has 0 saturated heterocycles. The lowest BCUT2D eigenvalue weighted by molar-refractivity contribution is -0.115. The molecule has 5 heteroatoms. The van der Waals surface area contributed by atoms with Crippen molar-refractivity contribution in [1.29, 1.82) is 0 Å². The van der Waals surface area contributed by atoms with Crippen LogP contribution in [0.4, 0.5) is 5.69 Å². The Morgan fingerprint density at radius 1 is 1.27 bits per heavy atom. The standard InChI is InChI=1S/C17H22N2O2S/c1-10-7-6-8-11(2)16(10)18-17(20)14(5)22-9-15-12(3)19-21-13(15)4/h6-8,14H,9H2,1-5H3,(H,18,20). The van der Waals surface area contributed by atoms with Crippen LogP contribution in [0.1, 0.15) is 35.1 Å². The minimum Gasteiger partial charge on any atom is -0.361 e. The van der Waals surface area contributed by atoms with Crippen LogP contribution in [0.3, 0.4) is 0 Å². The molecular weight excluding hydrogens is 296 g/mol. The van der Waals surface area contributed by atoms with Crippen molar-refractivity contribution in [2.24, 2.45) is 0 Å². The molecule has 1 aromatic carbocycles. The van der Waals surface area contributed by atoms with Gasteiger partial charge in [0, 0.05) is 17.0 Å². The number of hydrogen-bond donors (Lipinski definition) is 1. The smallest absolute Gasteiger partial charge is 0.237 e. The number of carbonyl (C=O) groups excluding carboxylic acids is 1. The number of hydrogen-bond acceptors (Lipinski definition) is 4. The molecule has 1 heterocycles. The van der Waals surface area contributed by atoms with Gasteiger partial charge in [0.05, 0.1) is 10.9 Å². The molecule has 2 rings (SSSR count). The van der Waals surface area contributed by atoms with E-state index >= 15 is 0 Å². The summed E-state index contributed by atoms with van der Waals surface area (Å²) in [5.41, 5.74) is 5.05. The summed E-state index contributed by atoms with van der Waals surface area (Å²) in [5, 5.41) is 6.83. The van der Waals surface area contributed by atoms with E-state index in [4.69, 9.17) is 4.52 Å². The lowest BCUT2D eigenvalue weighted by atomic mass is 10.1. The highest BCUT2D eigenvalue weighted by atomic mass is 32.2. The summed E-state index contributed by atoms with van der Waals surface area (Å²) in [6, 6.07) is 6.00. The van der Waals surface area contributed by atoms with Gasteiger partial charge in [0.25, 0.3) is 0 Å². The SMILES string of the molecule is Cc1cccc(C)c1NC(=O)C(C)SCc1c(C)noc1C. The minimum absolute atomic E-state index is 0.0224. The van der Waals surface area contributed by atoms with Crippen LogP contribution in [-0.2, 0) is 10.5 Å². The van der Waals surface area contributed by atoms with Crippen LogP contribution >= 0.6 is 11.8 Å². The number of rotatable bonds is 5. The van der Waals surface area contributed by atoms with E-state index in [1.54, 1.807) is 11.8 Å². The monoisotopic (exact) mass is 318 g/mol. The summed E-state index contributed by atoms with van der Waals surface area (Å²) in [6.07, 6.45) is 0. The molecule has 1 unspecified atom stereocenters. The molecule has 0 fully saturated rings. The highest BCUT2D eigenvalue weighted by molar-refractivity contribution is 7.99. The molecule has 0 aliphatic carbocycles. The third-order valence-corrected chi connectivity index (χ3v) is 4.93. The van der Waals surface area contributed by atoms with Crippen molar-refractivity contribution in [2.45, 2.75) is 45.6 Å². The van der Waals surface area contributed by atoms with Crippen molar-refractivity contribution < 1.29 is 9.32 Å². The Labute approximate surface area is 135 Å². The van der Waals surface area contributed by atoms with Crippen LogP contribution in [0.2, 0.25) is 0 Å². The van der Waals surface area contributed by atoms with E-state index in [2.05, 4.69) is 10.5 Å². The molecule has 0 saturated carbocycles. The fraction of sp³-hybridized carbons (Fsp3) is 0.412. The Hall–Kier alpha value is -1.75. The molecule has 118 valence electrons. The quantitative estimate of drug-likeness (QED) is 0.899. The Morgan fingerprint density at radius 2 is 1.91 bits per heavy atom.